The quantitative estimate of drug-likeness (QED) is 0.414. The first kappa shape index (κ1) is 19.1. The van der Waals surface area contributed by atoms with Crippen LogP contribution in [-0.4, -0.2) is 24.2 Å². The van der Waals surface area contributed by atoms with Crippen molar-refractivity contribution in [1.82, 2.24) is 10.9 Å². The van der Waals surface area contributed by atoms with Gasteiger partial charge in [-0.1, -0.05) is 60.7 Å². The zero-order chi connectivity index (χ0) is 18.5. The lowest BCUT2D eigenvalue weighted by Crippen LogP contribution is -2.19. The largest absolute Gasteiger partial charge is 0.273 e. The molecule has 0 spiro atoms. The summed E-state index contributed by atoms with van der Waals surface area (Å²) in [5.74, 6) is -0.334. The number of unbranched alkanes of at least 4 members (excludes halogenated alkanes) is 1. The Balaban J connectivity index is 1.55. The van der Waals surface area contributed by atoms with Crippen molar-refractivity contribution in [2.45, 2.75) is 25.7 Å². The van der Waals surface area contributed by atoms with Crippen molar-refractivity contribution in [3.05, 3.63) is 71.8 Å². The first-order valence-electron chi connectivity index (χ1n) is 8.48. The Hall–Kier alpha value is -3.28. The van der Waals surface area contributed by atoms with Crippen LogP contribution in [0.4, 0.5) is 0 Å². The lowest BCUT2D eigenvalue weighted by Gasteiger charge is -2.01. The monoisotopic (exact) mass is 350 g/mol. The number of hydrazone groups is 2. The van der Waals surface area contributed by atoms with E-state index in [9.17, 15) is 9.59 Å². The van der Waals surface area contributed by atoms with E-state index in [4.69, 9.17) is 0 Å². The Kier molecular flexibility index (Phi) is 8.28. The average Bonchev–Trinajstić information content (AvgIpc) is 2.67. The molecular formula is C20H22N4O2. The molecule has 0 aliphatic heterocycles. The highest BCUT2D eigenvalue weighted by molar-refractivity contribution is 5.83. The maximum absolute atomic E-state index is 11.7. The van der Waals surface area contributed by atoms with Crippen LogP contribution in [-0.2, 0) is 9.59 Å². The number of nitrogens with one attached hydrogen (secondary N) is 2. The molecule has 134 valence electrons. The molecule has 2 rings (SSSR count). The summed E-state index contributed by atoms with van der Waals surface area (Å²) in [6.45, 7) is 0. The summed E-state index contributed by atoms with van der Waals surface area (Å²) in [5, 5.41) is 7.80. The summed E-state index contributed by atoms with van der Waals surface area (Å²) in [5.41, 5.74) is 6.79. The fourth-order valence-electron chi connectivity index (χ4n) is 2.12. The Morgan fingerprint density at radius 3 is 1.46 bits per heavy atom. The molecule has 0 atom stereocenters. The molecule has 2 amide bonds. The Morgan fingerprint density at radius 2 is 1.08 bits per heavy atom. The predicted molar refractivity (Wildman–Crippen MR) is 103 cm³/mol. The van der Waals surface area contributed by atoms with Gasteiger partial charge in [-0.15, -0.1) is 0 Å². The molecule has 0 fully saturated rings. The fourth-order valence-corrected chi connectivity index (χ4v) is 2.12. The maximum Gasteiger partial charge on any atom is 0.240 e. The van der Waals surface area contributed by atoms with Gasteiger partial charge in [-0.2, -0.15) is 10.2 Å². The van der Waals surface area contributed by atoms with Crippen LogP contribution < -0.4 is 10.9 Å². The predicted octanol–water partition coefficient (Wildman–Crippen LogP) is 2.85. The third-order valence-corrected chi connectivity index (χ3v) is 3.46. The molecule has 0 aliphatic rings. The molecule has 2 aromatic rings. The number of nitrogens with zero attached hydrogens (tertiary/aromatic N) is 2. The van der Waals surface area contributed by atoms with Gasteiger partial charge in [0.2, 0.25) is 11.8 Å². The van der Waals surface area contributed by atoms with E-state index in [-0.39, 0.29) is 11.8 Å². The smallest absolute Gasteiger partial charge is 0.240 e. The summed E-state index contributed by atoms with van der Waals surface area (Å²) in [7, 11) is 0. The maximum atomic E-state index is 11.7. The van der Waals surface area contributed by atoms with Gasteiger partial charge in [-0.05, 0) is 24.0 Å². The van der Waals surface area contributed by atoms with Gasteiger partial charge in [0.15, 0.2) is 0 Å². The van der Waals surface area contributed by atoms with Crippen LogP contribution in [0.2, 0.25) is 0 Å². The summed E-state index contributed by atoms with van der Waals surface area (Å²) in [4.78, 5) is 23.3. The molecular weight excluding hydrogens is 328 g/mol. The molecule has 6 nitrogen and oxygen atoms in total. The first-order valence-corrected chi connectivity index (χ1v) is 8.48. The summed E-state index contributed by atoms with van der Waals surface area (Å²) < 4.78 is 0. The number of benzene rings is 2. The zero-order valence-electron chi connectivity index (χ0n) is 14.5. The molecule has 0 aliphatic carbocycles. The van der Waals surface area contributed by atoms with Crippen molar-refractivity contribution in [2.75, 3.05) is 0 Å². The molecule has 0 radical (unpaired) electrons. The van der Waals surface area contributed by atoms with E-state index >= 15 is 0 Å². The van der Waals surface area contributed by atoms with Gasteiger partial charge in [0, 0.05) is 12.8 Å². The van der Waals surface area contributed by atoms with Gasteiger partial charge in [0.05, 0.1) is 12.4 Å². The highest BCUT2D eigenvalue weighted by atomic mass is 16.2. The standard InChI is InChI=1S/C20H22N4O2/c25-19(23-21-15-17-9-3-1-4-10-17)13-7-8-14-20(26)24-22-16-18-11-5-2-6-12-18/h1-6,9-12,15-16H,7-8,13-14H2,(H,23,25)(H,24,26). The third kappa shape index (κ3) is 8.01. The number of carbonyl (C=O) groups excluding carboxylic acids is 2. The topological polar surface area (TPSA) is 82.9 Å². The molecule has 0 saturated carbocycles. The Bertz CT molecular complexity index is 677. The number of hydrogen-bond donors (Lipinski definition) is 2. The van der Waals surface area contributed by atoms with Gasteiger partial charge in [-0.25, -0.2) is 10.9 Å². The summed E-state index contributed by atoms with van der Waals surface area (Å²) in [6, 6.07) is 19.0. The van der Waals surface area contributed by atoms with Crippen LogP contribution in [0, 0.1) is 0 Å². The van der Waals surface area contributed by atoms with E-state index in [0.29, 0.717) is 25.7 Å². The van der Waals surface area contributed by atoms with Crippen LogP contribution in [0.15, 0.2) is 70.9 Å². The van der Waals surface area contributed by atoms with Gasteiger partial charge in [0.25, 0.3) is 0 Å². The van der Waals surface area contributed by atoms with Crippen molar-refractivity contribution in [3.8, 4) is 0 Å². The van der Waals surface area contributed by atoms with Crippen molar-refractivity contribution in [2.24, 2.45) is 10.2 Å². The van der Waals surface area contributed by atoms with E-state index in [2.05, 4.69) is 21.1 Å². The van der Waals surface area contributed by atoms with Crippen LogP contribution in [0.1, 0.15) is 36.8 Å². The number of amides is 2. The molecule has 2 aromatic carbocycles. The second-order valence-electron chi connectivity index (χ2n) is 5.61. The Labute approximate surface area is 153 Å². The highest BCUT2D eigenvalue weighted by Gasteiger charge is 2.02. The molecule has 2 N–H and O–H groups in total. The fraction of sp³-hybridized carbons (Fsp3) is 0.200. The second-order valence-corrected chi connectivity index (χ2v) is 5.61. The minimum absolute atomic E-state index is 0.167. The van der Waals surface area contributed by atoms with Crippen molar-refractivity contribution >= 4 is 24.2 Å². The van der Waals surface area contributed by atoms with Crippen LogP contribution in [0.5, 0.6) is 0 Å². The van der Waals surface area contributed by atoms with Crippen molar-refractivity contribution < 1.29 is 9.59 Å². The van der Waals surface area contributed by atoms with E-state index in [1.807, 2.05) is 60.7 Å². The molecule has 0 saturated heterocycles. The minimum Gasteiger partial charge on any atom is -0.273 e. The van der Waals surface area contributed by atoms with E-state index in [0.717, 1.165) is 11.1 Å². The number of rotatable bonds is 9. The highest BCUT2D eigenvalue weighted by Crippen LogP contribution is 2.00. The minimum atomic E-state index is -0.167. The van der Waals surface area contributed by atoms with Crippen LogP contribution >= 0.6 is 0 Å². The molecule has 0 bridgehead atoms. The molecule has 6 heteroatoms. The number of hydrogen-bond acceptors (Lipinski definition) is 4. The summed E-state index contributed by atoms with van der Waals surface area (Å²) >= 11 is 0. The van der Waals surface area contributed by atoms with Crippen molar-refractivity contribution in [3.63, 3.8) is 0 Å². The normalized spacial score (nSPS) is 10.9. The molecule has 26 heavy (non-hydrogen) atoms. The average molecular weight is 350 g/mol. The third-order valence-electron chi connectivity index (χ3n) is 3.46. The van der Waals surface area contributed by atoms with Crippen LogP contribution in [0.3, 0.4) is 0 Å². The molecule has 0 unspecified atom stereocenters. The molecule has 0 heterocycles. The van der Waals surface area contributed by atoms with Gasteiger partial charge in [0.1, 0.15) is 0 Å². The van der Waals surface area contributed by atoms with E-state index in [1.165, 1.54) is 0 Å². The summed E-state index contributed by atoms with van der Waals surface area (Å²) in [6.07, 6.45) is 5.07. The lowest BCUT2D eigenvalue weighted by atomic mass is 10.2. The molecule has 0 aromatic heterocycles. The first-order chi connectivity index (χ1) is 12.7. The SMILES string of the molecule is O=C(CCCCC(=O)NN=Cc1ccccc1)NN=Cc1ccccc1. The van der Waals surface area contributed by atoms with Gasteiger partial charge in [-0.3, -0.25) is 9.59 Å². The van der Waals surface area contributed by atoms with E-state index < -0.39 is 0 Å². The van der Waals surface area contributed by atoms with Crippen LogP contribution in [0.25, 0.3) is 0 Å². The van der Waals surface area contributed by atoms with Gasteiger partial charge >= 0.3 is 0 Å². The number of carbonyl (C=O) groups is 2. The van der Waals surface area contributed by atoms with Gasteiger partial charge < -0.3 is 0 Å². The van der Waals surface area contributed by atoms with E-state index in [1.54, 1.807) is 12.4 Å². The zero-order valence-corrected chi connectivity index (χ0v) is 14.5. The van der Waals surface area contributed by atoms with Crippen molar-refractivity contribution in [1.29, 1.82) is 0 Å². The Morgan fingerprint density at radius 1 is 0.692 bits per heavy atom. The second kappa shape index (κ2) is 11.3. The lowest BCUT2D eigenvalue weighted by molar-refractivity contribution is -0.123.